The molecule has 0 saturated carbocycles. The van der Waals surface area contributed by atoms with Gasteiger partial charge in [-0.25, -0.2) is 0 Å². The van der Waals surface area contributed by atoms with Crippen LogP contribution < -0.4 is 10.6 Å². The summed E-state index contributed by atoms with van der Waals surface area (Å²) in [5, 5.41) is 6.12. The summed E-state index contributed by atoms with van der Waals surface area (Å²) in [6.07, 6.45) is 4.23. The molecule has 1 aromatic rings. The van der Waals surface area contributed by atoms with Crippen molar-refractivity contribution in [3.05, 3.63) is 24.0 Å². The first-order valence-electron chi connectivity index (χ1n) is 7.22. The van der Waals surface area contributed by atoms with Crippen molar-refractivity contribution in [3.63, 3.8) is 0 Å². The van der Waals surface area contributed by atoms with Gasteiger partial charge in [-0.05, 0) is 46.9 Å². The Hall–Kier alpha value is -1.62. The second kappa shape index (κ2) is 8.53. The molecule has 20 heavy (non-hydrogen) atoms. The zero-order valence-corrected chi connectivity index (χ0v) is 12.9. The maximum Gasteiger partial charge on any atom is 0.254 e. The summed E-state index contributed by atoms with van der Waals surface area (Å²) in [7, 11) is 2.09. The lowest BCUT2D eigenvalue weighted by Crippen LogP contribution is -2.31. The minimum absolute atomic E-state index is 0.0683. The quantitative estimate of drug-likeness (QED) is 0.714. The Morgan fingerprint density at radius 1 is 1.45 bits per heavy atom. The van der Waals surface area contributed by atoms with Gasteiger partial charge in [0.15, 0.2) is 0 Å². The molecule has 0 radical (unpaired) electrons. The fraction of sp³-hybridized carbons (Fsp3) is 0.600. The molecule has 0 aromatic carbocycles. The standard InChI is InChI=1S/C15H26N4O/c1-5-17-14-7-9-16-11-13(14)15(20)18-8-6-10-19(4)12(2)3/h7,9,11-12H,5-6,8,10H2,1-4H3,(H,16,17)(H,18,20). The first-order chi connectivity index (χ1) is 9.56. The Labute approximate surface area is 121 Å². The van der Waals surface area contributed by atoms with E-state index >= 15 is 0 Å². The third kappa shape index (κ3) is 5.17. The molecule has 1 aromatic heterocycles. The molecule has 0 unspecified atom stereocenters. The fourth-order valence-corrected chi connectivity index (χ4v) is 1.80. The molecular weight excluding hydrogens is 252 g/mol. The molecule has 1 amide bonds. The molecule has 0 saturated heterocycles. The fourth-order valence-electron chi connectivity index (χ4n) is 1.80. The highest BCUT2D eigenvalue weighted by atomic mass is 16.1. The second-order valence-corrected chi connectivity index (χ2v) is 5.14. The number of carbonyl (C=O) groups is 1. The molecule has 0 fully saturated rings. The Kier molecular flexibility index (Phi) is 7.01. The van der Waals surface area contributed by atoms with Crippen LogP contribution in [0.15, 0.2) is 18.5 Å². The number of hydrogen-bond donors (Lipinski definition) is 2. The normalized spacial score (nSPS) is 10.9. The molecule has 0 aliphatic rings. The number of anilines is 1. The number of hydrogen-bond acceptors (Lipinski definition) is 4. The van der Waals surface area contributed by atoms with Gasteiger partial charge in [-0.15, -0.1) is 0 Å². The van der Waals surface area contributed by atoms with Crippen molar-refractivity contribution in [2.45, 2.75) is 33.2 Å². The summed E-state index contributed by atoms with van der Waals surface area (Å²) in [6, 6.07) is 2.36. The van der Waals surface area contributed by atoms with Crippen LogP contribution in [0.5, 0.6) is 0 Å². The molecule has 0 atom stereocenters. The number of pyridine rings is 1. The van der Waals surface area contributed by atoms with E-state index in [-0.39, 0.29) is 5.91 Å². The van der Waals surface area contributed by atoms with Crippen molar-refractivity contribution >= 4 is 11.6 Å². The Morgan fingerprint density at radius 2 is 2.20 bits per heavy atom. The predicted molar refractivity (Wildman–Crippen MR) is 83.1 cm³/mol. The van der Waals surface area contributed by atoms with Gasteiger partial charge >= 0.3 is 0 Å². The Morgan fingerprint density at radius 3 is 2.85 bits per heavy atom. The number of carbonyl (C=O) groups excluding carboxylic acids is 1. The van der Waals surface area contributed by atoms with Crippen molar-refractivity contribution in [1.29, 1.82) is 0 Å². The van der Waals surface area contributed by atoms with E-state index in [4.69, 9.17) is 0 Å². The van der Waals surface area contributed by atoms with E-state index in [1.54, 1.807) is 12.4 Å². The predicted octanol–water partition coefficient (Wildman–Crippen LogP) is 1.97. The first-order valence-corrected chi connectivity index (χ1v) is 7.22. The smallest absolute Gasteiger partial charge is 0.254 e. The van der Waals surface area contributed by atoms with E-state index in [0.717, 1.165) is 25.2 Å². The average molecular weight is 278 g/mol. The van der Waals surface area contributed by atoms with Crippen LogP contribution in [0.2, 0.25) is 0 Å². The van der Waals surface area contributed by atoms with Gasteiger partial charge in [0, 0.05) is 31.5 Å². The summed E-state index contributed by atoms with van der Waals surface area (Å²) < 4.78 is 0. The molecule has 5 nitrogen and oxygen atoms in total. The number of nitrogens with one attached hydrogen (secondary N) is 2. The molecule has 1 rings (SSSR count). The first kappa shape index (κ1) is 16.4. The Balaban J connectivity index is 2.43. The topological polar surface area (TPSA) is 57.3 Å². The van der Waals surface area contributed by atoms with Crippen LogP contribution in [0.25, 0.3) is 0 Å². The highest BCUT2D eigenvalue weighted by Gasteiger charge is 2.10. The van der Waals surface area contributed by atoms with E-state index in [9.17, 15) is 4.79 Å². The van der Waals surface area contributed by atoms with Crippen LogP contribution in [0.4, 0.5) is 5.69 Å². The summed E-state index contributed by atoms with van der Waals surface area (Å²) >= 11 is 0. The van der Waals surface area contributed by atoms with Gasteiger partial charge in [0.25, 0.3) is 5.91 Å². The summed E-state index contributed by atoms with van der Waals surface area (Å²) in [4.78, 5) is 18.4. The molecule has 0 bridgehead atoms. The molecular formula is C15H26N4O. The largest absolute Gasteiger partial charge is 0.385 e. The second-order valence-electron chi connectivity index (χ2n) is 5.14. The zero-order chi connectivity index (χ0) is 15.0. The minimum atomic E-state index is -0.0683. The Bertz CT molecular complexity index is 420. The van der Waals surface area contributed by atoms with Crippen molar-refractivity contribution in [1.82, 2.24) is 15.2 Å². The lowest BCUT2D eigenvalue weighted by Gasteiger charge is -2.20. The van der Waals surface area contributed by atoms with Crippen molar-refractivity contribution in [2.24, 2.45) is 0 Å². The number of aromatic nitrogens is 1. The van der Waals surface area contributed by atoms with Gasteiger partial charge in [0.05, 0.1) is 11.3 Å². The number of nitrogens with zero attached hydrogens (tertiary/aromatic N) is 2. The van der Waals surface area contributed by atoms with E-state index in [0.29, 0.717) is 18.2 Å². The van der Waals surface area contributed by atoms with Crippen LogP contribution in [0, 0.1) is 0 Å². The van der Waals surface area contributed by atoms with Gasteiger partial charge in [0.2, 0.25) is 0 Å². The third-order valence-electron chi connectivity index (χ3n) is 3.29. The highest BCUT2D eigenvalue weighted by molar-refractivity contribution is 5.99. The van der Waals surface area contributed by atoms with Crippen molar-refractivity contribution in [3.8, 4) is 0 Å². The lowest BCUT2D eigenvalue weighted by atomic mass is 10.2. The molecule has 2 N–H and O–H groups in total. The number of amides is 1. The van der Waals surface area contributed by atoms with E-state index < -0.39 is 0 Å². The monoisotopic (exact) mass is 278 g/mol. The van der Waals surface area contributed by atoms with Gasteiger partial charge in [-0.2, -0.15) is 0 Å². The molecule has 0 spiro atoms. The van der Waals surface area contributed by atoms with Crippen LogP contribution in [0.1, 0.15) is 37.6 Å². The molecule has 5 heteroatoms. The minimum Gasteiger partial charge on any atom is -0.385 e. The summed E-state index contributed by atoms with van der Waals surface area (Å²) in [6.45, 7) is 8.77. The van der Waals surface area contributed by atoms with E-state index in [1.165, 1.54) is 0 Å². The molecule has 0 aliphatic carbocycles. The van der Waals surface area contributed by atoms with Crippen molar-refractivity contribution in [2.75, 3.05) is 32.0 Å². The number of rotatable bonds is 8. The zero-order valence-electron chi connectivity index (χ0n) is 12.9. The van der Waals surface area contributed by atoms with Gasteiger partial charge < -0.3 is 15.5 Å². The van der Waals surface area contributed by atoms with Crippen molar-refractivity contribution < 1.29 is 4.79 Å². The van der Waals surface area contributed by atoms with Gasteiger partial charge in [0.1, 0.15) is 0 Å². The maximum atomic E-state index is 12.1. The van der Waals surface area contributed by atoms with Gasteiger partial charge in [-0.3, -0.25) is 9.78 Å². The van der Waals surface area contributed by atoms with Crippen LogP contribution in [-0.2, 0) is 0 Å². The average Bonchev–Trinajstić information content (AvgIpc) is 2.44. The van der Waals surface area contributed by atoms with Crippen LogP contribution in [0.3, 0.4) is 0 Å². The maximum absolute atomic E-state index is 12.1. The van der Waals surface area contributed by atoms with E-state index in [1.807, 2.05) is 13.0 Å². The van der Waals surface area contributed by atoms with Gasteiger partial charge in [-0.1, -0.05) is 0 Å². The summed E-state index contributed by atoms with van der Waals surface area (Å²) in [5.74, 6) is -0.0683. The van der Waals surface area contributed by atoms with E-state index in [2.05, 4.69) is 41.4 Å². The molecule has 112 valence electrons. The molecule has 0 aliphatic heterocycles. The third-order valence-corrected chi connectivity index (χ3v) is 3.29. The lowest BCUT2D eigenvalue weighted by molar-refractivity contribution is 0.0952. The van der Waals surface area contributed by atoms with Crippen LogP contribution in [-0.4, -0.2) is 48.5 Å². The highest BCUT2D eigenvalue weighted by Crippen LogP contribution is 2.12. The molecule has 1 heterocycles. The van der Waals surface area contributed by atoms with Crippen LogP contribution >= 0.6 is 0 Å². The SMILES string of the molecule is CCNc1ccncc1C(=O)NCCCN(C)C(C)C. The summed E-state index contributed by atoms with van der Waals surface area (Å²) in [5.41, 5.74) is 1.44.